The molecule has 0 aromatic carbocycles. The molecule has 1 heterocycles. The van der Waals surface area contributed by atoms with Crippen LogP contribution in [-0.2, 0) is 26.2 Å². The van der Waals surface area contributed by atoms with E-state index in [4.69, 9.17) is 10.3 Å². The van der Waals surface area contributed by atoms with Crippen LogP contribution in [0.1, 0.15) is 97.8 Å². The van der Waals surface area contributed by atoms with E-state index in [1.807, 2.05) is 6.92 Å². The van der Waals surface area contributed by atoms with E-state index in [1.54, 1.807) is 12.3 Å². The van der Waals surface area contributed by atoms with Gasteiger partial charge in [-0.1, -0.05) is 45.3 Å². The number of rotatable bonds is 3. The zero-order chi connectivity index (χ0) is 31.6. The Morgan fingerprint density at radius 3 is 2.44 bits per heavy atom. The maximum atomic E-state index is 14.7. The number of hydrogen-bond donors (Lipinski definition) is 2. The molecule has 3 fully saturated rings. The largest absolute Gasteiger partial charge is 0.405 e. The lowest BCUT2D eigenvalue weighted by Crippen LogP contribution is -2.77. The smallest absolute Gasteiger partial charge is 0.360 e. The minimum Gasteiger partial charge on any atom is -0.360 e. The monoisotopic (exact) mass is 603 g/mol. The summed E-state index contributed by atoms with van der Waals surface area (Å²) < 4.78 is 45.3. The van der Waals surface area contributed by atoms with Gasteiger partial charge in [-0.3, -0.25) is 9.59 Å². The molecule has 1 aromatic rings. The molecule has 5 aliphatic rings. The third-order valence-electron chi connectivity index (χ3n) is 13.4. The first-order valence-corrected chi connectivity index (χ1v) is 15.5. The number of allylic oxidation sites excluding steroid dienone is 2. The van der Waals surface area contributed by atoms with Crippen LogP contribution in [0.25, 0.3) is 0 Å². The van der Waals surface area contributed by atoms with E-state index in [9.17, 15) is 27.6 Å². The number of ketones is 1. The number of fused-ring (bicyclic) bond motifs is 8. The van der Waals surface area contributed by atoms with Crippen molar-refractivity contribution in [1.29, 1.82) is 0 Å². The number of amides is 1. The van der Waals surface area contributed by atoms with Gasteiger partial charge < -0.3 is 20.4 Å². The molecule has 1 amide bonds. The van der Waals surface area contributed by atoms with Crippen LogP contribution in [0.2, 0.25) is 0 Å². The Kier molecular flexibility index (Phi) is 6.26. The highest BCUT2D eigenvalue weighted by atomic mass is 19.4. The first-order chi connectivity index (χ1) is 19.7. The van der Waals surface area contributed by atoms with E-state index in [-0.39, 0.29) is 17.1 Å². The summed E-state index contributed by atoms with van der Waals surface area (Å²) in [5, 5.41) is 6.20. The second-order valence-electron chi connectivity index (χ2n) is 16.2. The van der Waals surface area contributed by atoms with Crippen molar-refractivity contribution in [2.45, 2.75) is 110 Å². The van der Waals surface area contributed by atoms with E-state index in [1.165, 1.54) is 0 Å². The number of alkyl halides is 3. The molecule has 0 aliphatic heterocycles. The van der Waals surface area contributed by atoms with Crippen molar-refractivity contribution in [2.75, 3.05) is 6.54 Å². The summed E-state index contributed by atoms with van der Waals surface area (Å²) in [6.45, 7) is 11.1. The number of nitrogens with one attached hydrogen (secondary N) is 1. The molecule has 0 bridgehead atoms. The predicted octanol–water partition coefficient (Wildman–Crippen LogP) is 5.61. The Morgan fingerprint density at radius 2 is 1.79 bits per heavy atom. The Bertz CT molecular complexity index is 1430. The molecular formula is C33H44F3N3O4. The van der Waals surface area contributed by atoms with Crippen LogP contribution < -0.4 is 11.1 Å². The molecule has 1 aromatic heterocycles. The molecular weight excluding hydrogens is 559 g/mol. The van der Waals surface area contributed by atoms with Gasteiger partial charge in [-0.25, -0.2) is 0 Å². The molecule has 0 spiro atoms. The lowest BCUT2D eigenvalue weighted by Gasteiger charge is -2.71. The van der Waals surface area contributed by atoms with Crippen molar-refractivity contribution in [2.24, 2.45) is 44.6 Å². The summed E-state index contributed by atoms with van der Waals surface area (Å²) in [7, 11) is 0. The standard InChI is InChI=1S/C33H44F3N3O4/c1-26(2)9-11-31(25(42)38-17-33(34,35)36)12-10-30(6)23(32(31,37)16-26)20(41)13-22-27(3)14-19-15-39-43-24(19)28(4,18-40)21(27)7-8-29(22,30)5/h13,15,18,21,23H,7-12,14,16-17,37H2,1-6H3,(H,38,42)/t21?,23-,27-,28-,29+,30+,31+,32+/m0/s1. The van der Waals surface area contributed by atoms with Crippen LogP contribution in [0.4, 0.5) is 13.2 Å². The van der Waals surface area contributed by atoms with Crippen LogP contribution in [0.3, 0.4) is 0 Å². The molecule has 3 saturated carbocycles. The van der Waals surface area contributed by atoms with Gasteiger partial charge in [-0.2, -0.15) is 13.2 Å². The molecule has 236 valence electrons. The molecule has 10 heteroatoms. The Labute approximate surface area is 250 Å². The number of halogens is 3. The molecule has 1 unspecified atom stereocenters. The number of carbonyl (C=O) groups excluding carboxylic acids is 3. The van der Waals surface area contributed by atoms with Gasteiger partial charge in [-0.05, 0) is 91.9 Å². The molecule has 0 saturated heterocycles. The quantitative estimate of drug-likeness (QED) is 0.434. The number of aromatic nitrogens is 1. The van der Waals surface area contributed by atoms with Gasteiger partial charge in [0, 0.05) is 17.0 Å². The maximum absolute atomic E-state index is 14.7. The van der Waals surface area contributed by atoms with Gasteiger partial charge in [-0.15, -0.1) is 0 Å². The summed E-state index contributed by atoms with van der Waals surface area (Å²) >= 11 is 0. The molecule has 43 heavy (non-hydrogen) atoms. The highest BCUT2D eigenvalue weighted by molar-refractivity contribution is 5.98. The molecule has 3 N–H and O–H groups in total. The number of aldehydes is 1. The zero-order valence-electron chi connectivity index (χ0n) is 26.0. The Balaban J connectivity index is 1.50. The zero-order valence-corrected chi connectivity index (χ0v) is 26.0. The van der Waals surface area contributed by atoms with Gasteiger partial charge >= 0.3 is 6.18 Å². The van der Waals surface area contributed by atoms with E-state index in [0.717, 1.165) is 23.8 Å². The Morgan fingerprint density at radius 1 is 1.12 bits per heavy atom. The van der Waals surface area contributed by atoms with Crippen molar-refractivity contribution in [3.63, 3.8) is 0 Å². The van der Waals surface area contributed by atoms with Crippen molar-refractivity contribution >= 4 is 18.0 Å². The van der Waals surface area contributed by atoms with Gasteiger partial charge in [0.1, 0.15) is 12.8 Å². The number of nitrogens with zero attached hydrogens (tertiary/aromatic N) is 1. The minimum absolute atomic E-state index is 0.110. The van der Waals surface area contributed by atoms with Crippen molar-refractivity contribution in [3.8, 4) is 0 Å². The molecule has 6 rings (SSSR count). The van der Waals surface area contributed by atoms with Crippen molar-refractivity contribution in [3.05, 3.63) is 29.2 Å². The Hall–Kier alpha value is -2.49. The molecule has 7 nitrogen and oxygen atoms in total. The van der Waals surface area contributed by atoms with Crippen molar-refractivity contribution in [1.82, 2.24) is 10.5 Å². The van der Waals surface area contributed by atoms with Crippen LogP contribution in [0, 0.1) is 38.9 Å². The average molecular weight is 604 g/mol. The molecule has 5 aliphatic carbocycles. The van der Waals surface area contributed by atoms with Crippen molar-refractivity contribution < 1.29 is 32.1 Å². The summed E-state index contributed by atoms with van der Waals surface area (Å²) in [4.78, 5) is 41.2. The number of nitrogens with two attached hydrogens (primary N) is 1. The summed E-state index contributed by atoms with van der Waals surface area (Å²) in [5.41, 5.74) is 3.84. The highest BCUT2D eigenvalue weighted by Crippen LogP contribution is 2.75. The number of carbonyl (C=O) groups is 3. The number of hydrogen-bond acceptors (Lipinski definition) is 6. The summed E-state index contributed by atoms with van der Waals surface area (Å²) in [6, 6.07) is 0. The fourth-order valence-corrected chi connectivity index (χ4v) is 11.3. The van der Waals surface area contributed by atoms with E-state index < -0.39 is 57.2 Å². The third kappa shape index (κ3) is 3.77. The second-order valence-corrected chi connectivity index (χ2v) is 16.2. The maximum Gasteiger partial charge on any atom is 0.405 e. The SMILES string of the molecule is CC1(C)CC[C@]2(C(=O)NCC(F)(F)F)CC[C@]3(C)[C@H](C(=O)C=C4[C@@]5(C)Cc6cnoc6[C@@](C)(C=O)C5CC[C@]43C)[C@]2(N)C1. The van der Waals surface area contributed by atoms with Gasteiger partial charge in [0.15, 0.2) is 11.5 Å². The van der Waals surface area contributed by atoms with E-state index in [0.29, 0.717) is 50.7 Å². The fourth-order valence-electron chi connectivity index (χ4n) is 11.3. The first kappa shape index (κ1) is 30.5. The van der Waals surface area contributed by atoms with Crippen LogP contribution in [0.15, 0.2) is 22.4 Å². The minimum atomic E-state index is -4.55. The van der Waals surface area contributed by atoms with Gasteiger partial charge in [0.05, 0.1) is 17.0 Å². The lowest BCUT2D eigenvalue weighted by molar-refractivity contribution is -0.188. The summed E-state index contributed by atoms with van der Waals surface area (Å²) in [6.07, 6.45) is 3.97. The topological polar surface area (TPSA) is 115 Å². The van der Waals surface area contributed by atoms with E-state index in [2.05, 4.69) is 45.1 Å². The van der Waals surface area contributed by atoms with Crippen LogP contribution in [-0.4, -0.2) is 41.4 Å². The normalized spacial score (nSPS) is 45.0. The molecule has 8 atom stereocenters. The lowest BCUT2D eigenvalue weighted by atomic mass is 9.32. The first-order valence-electron chi connectivity index (χ1n) is 15.5. The van der Waals surface area contributed by atoms with Gasteiger partial charge in [0.25, 0.3) is 0 Å². The third-order valence-corrected chi connectivity index (χ3v) is 13.4. The van der Waals surface area contributed by atoms with Gasteiger partial charge in [0.2, 0.25) is 5.91 Å². The predicted molar refractivity (Wildman–Crippen MR) is 153 cm³/mol. The second kappa shape index (κ2) is 8.82. The summed E-state index contributed by atoms with van der Waals surface area (Å²) in [5.74, 6) is -1.11. The van der Waals surface area contributed by atoms with Crippen LogP contribution >= 0.6 is 0 Å². The average Bonchev–Trinajstić information content (AvgIpc) is 3.36. The molecule has 0 radical (unpaired) electrons. The highest BCUT2D eigenvalue weighted by Gasteiger charge is 2.75. The van der Waals surface area contributed by atoms with E-state index >= 15 is 0 Å². The van der Waals surface area contributed by atoms with Crippen LogP contribution in [0.5, 0.6) is 0 Å². The fraction of sp³-hybridized carbons (Fsp3) is 0.758.